The Balaban J connectivity index is 1.33. The summed E-state index contributed by atoms with van der Waals surface area (Å²) in [6, 6.07) is 9.04. The Labute approximate surface area is 182 Å². The van der Waals surface area contributed by atoms with Crippen LogP contribution in [0.1, 0.15) is 53.8 Å². The standard InChI is InChI=1S/C25H29NO5/c1-17-14-20(18(2)26(17)13-12-19-8-4-3-5-9-19)21(27)15-30-25(28)24-16-29-22-10-6-7-11-23(22)31-24/h6-8,10-11,14,24H,3-5,9,12-13,15-16H2,1-2H3/t24-/m1/s1. The number of ether oxygens (including phenoxy) is 3. The maximum atomic E-state index is 12.7. The number of hydrogen-bond acceptors (Lipinski definition) is 5. The number of carbonyl (C=O) groups excluding carboxylic acids is 2. The second-order valence-corrected chi connectivity index (χ2v) is 8.19. The molecule has 0 unspecified atom stereocenters. The van der Waals surface area contributed by atoms with E-state index in [1.54, 1.807) is 18.2 Å². The number of allylic oxidation sites excluding steroid dienone is 2. The van der Waals surface area contributed by atoms with Gasteiger partial charge in [0.15, 0.2) is 18.1 Å². The van der Waals surface area contributed by atoms with Crippen molar-refractivity contribution in [2.24, 2.45) is 0 Å². The lowest BCUT2D eigenvalue weighted by Crippen LogP contribution is -2.38. The van der Waals surface area contributed by atoms with Gasteiger partial charge in [-0.25, -0.2) is 4.79 Å². The summed E-state index contributed by atoms with van der Waals surface area (Å²) in [5, 5.41) is 0. The van der Waals surface area contributed by atoms with E-state index in [-0.39, 0.29) is 19.0 Å². The van der Waals surface area contributed by atoms with Gasteiger partial charge in [-0.3, -0.25) is 4.79 Å². The van der Waals surface area contributed by atoms with E-state index in [4.69, 9.17) is 14.2 Å². The lowest BCUT2D eigenvalue weighted by molar-refractivity contribution is -0.153. The average Bonchev–Trinajstić information content (AvgIpc) is 3.09. The van der Waals surface area contributed by atoms with Gasteiger partial charge in [0, 0.05) is 23.5 Å². The molecule has 0 N–H and O–H groups in total. The number of rotatable bonds is 7. The fraction of sp³-hybridized carbons (Fsp3) is 0.440. The maximum Gasteiger partial charge on any atom is 0.351 e. The largest absolute Gasteiger partial charge is 0.485 e. The molecule has 2 heterocycles. The van der Waals surface area contributed by atoms with Gasteiger partial charge >= 0.3 is 5.97 Å². The topological polar surface area (TPSA) is 66.8 Å². The molecular formula is C25H29NO5. The summed E-state index contributed by atoms with van der Waals surface area (Å²) < 4.78 is 18.6. The summed E-state index contributed by atoms with van der Waals surface area (Å²) in [7, 11) is 0. The molecule has 2 aromatic rings. The fourth-order valence-electron chi connectivity index (χ4n) is 4.26. The molecule has 0 bridgehead atoms. The van der Waals surface area contributed by atoms with E-state index in [1.807, 2.05) is 26.0 Å². The van der Waals surface area contributed by atoms with Gasteiger partial charge < -0.3 is 18.8 Å². The fourth-order valence-corrected chi connectivity index (χ4v) is 4.26. The molecule has 6 heteroatoms. The van der Waals surface area contributed by atoms with Crippen molar-refractivity contribution in [2.75, 3.05) is 13.2 Å². The molecule has 1 aromatic carbocycles. The molecule has 6 nitrogen and oxygen atoms in total. The van der Waals surface area contributed by atoms with Gasteiger partial charge in [0.1, 0.15) is 6.61 Å². The zero-order valence-electron chi connectivity index (χ0n) is 18.2. The Morgan fingerprint density at radius 3 is 2.74 bits per heavy atom. The Morgan fingerprint density at radius 1 is 1.16 bits per heavy atom. The molecule has 0 saturated carbocycles. The van der Waals surface area contributed by atoms with Crippen LogP contribution in [0.15, 0.2) is 42.0 Å². The van der Waals surface area contributed by atoms with Crippen LogP contribution >= 0.6 is 0 Å². The van der Waals surface area contributed by atoms with Crippen LogP contribution in [0.3, 0.4) is 0 Å². The summed E-state index contributed by atoms with van der Waals surface area (Å²) >= 11 is 0. The number of hydrogen-bond donors (Lipinski definition) is 0. The van der Waals surface area contributed by atoms with E-state index in [2.05, 4.69) is 10.6 Å². The summed E-state index contributed by atoms with van der Waals surface area (Å²) in [6.45, 7) is 4.58. The van der Waals surface area contributed by atoms with Gasteiger partial charge in [0.05, 0.1) is 0 Å². The highest BCUT2D eigenvalue weighted by molar-refractivity contribution is 5.99. The maximum absolute atomic E-state index is 12.7. The molecule has 0 amide bonds. The molecule has 0 saturated heterocycles. The first-order valence-corrected chi connectivity index (χ1v) is 11.0. The molecule has 0 spiro atoms. The normalized spacial score (nSPS) is 17.7. The smallest absolute Gasteiger partial charge is 0.351 e. The van der Waals surface area contributed by atoms with Crippen molar-refractivity contribution in [3.8, 4) is 11.5 Å². The zero-order valence-corrected chi connectivity index (χ0v) is 18.2. The monoisotopic (exact) mass is 423 g/mol. The van der Waals surface area contributed by atoms with Gasteiger partial charge in [-0.1, -0.05) is 23.8 Å². The minimum absolute atomic E-state index is 0.0639. The van der Waals surface area contributed by atoms with Gasteiger partial charge in [-0.15, -0.1) is 0 Å². The lowest BCUT2D eigenvalue weighted by atomic mass is 9.97. The second kappa shape index (κ2) is 9.41. The van der Waals surface area contributed by atoms with Crippen LogP contribution in [0.25, 0.3) is 0 Å². The van der Waals surface area contributed by atoms with Crippen LogP contribution in [0.4, 0.5) is 0 Å². The molecule has 0 fully saturated rings. The number of esters is 1. The Bertz CT molecular complexity index is 1000. The molecular weight excluding hydrogens is 394 g/mol. The summed E-state index contributed by atoms with van der Waals surface area (Å²) in [5.41, 5.74) is 4.08. The zero-order chi connectivity index (χ0) is 21.8. The molecule has 1 aliphatic heterocycles. The van der Waals surface area contributed by atoms with Gasteiger partial charge in [0.25, 0.3) is 0 Å². The molecule has 2 aliphatic rings. The van der Waals surface area contributed by atoms with Crippen molar-refractivity contribution in [3.05, 3.63) is 58.9 Å². The van der Waals surface area contributed by atoms with Crippen LogP contribution < -0.4 is 9.47 Å². The number of nitrogens with zero attached hydrogens (tertiary/aromatic N) is 1. The number of carbonyl (C=O) groups is 2. The number of ketones is 1. The molecule has 1 aromatic heterocycles. The van der Waals surface area contributed by atoms with E-state index in [0.29, 0.717) is 17.1 Å². The lowest BCUT2D eigenvalue weighted by Gasteiger charge is -2.24. The van der Waals surface area contributed by atoms with E-state index >= 15 is 0 Å². The van der Waals surface area contributed by atoms with E-state index in [9.17, 15) is 9.59 Å². The summed E-state index contributed by atoms with van der Waals surface area (Å²) in [5.74, 6) is 0.292. The first kappa shape index (κ1) is 21.2. The summed E-state index contributed by atoms with van der Waals surface area (Å²) in [6.07, 6.45) is 7.41. The van der Waals surface area contributed by atoms with E-state index in [0.717, 1.165) is 24.4 Å². The van der Waals surface area contributed by atoms with Crippen LogP contribution in [-0.4, -0.2) is 35.6 Å². The highest BCUT2D eigenvalue weighted by Crippen LogP contribution is 2.31. The predicted molar refractivity (Wildman–Crippen MR) is 117 cm³/mol. The van der Waals surface area contributed by atoms with Crippen molar-refractivity contribution >= 4 is 11.8 Å². The Kier molecular flexibility index (Phi) is 6.44. The number of aromatic nitrogens is 1. The van der Waals surface area contributed by atoms with Crippen LogP contribution in [0, 0.1) is 13.8 Å². The number of benzene rings is 1. The van der Waals surface area contributed by atoms with Crippen molar-refractivity contribution in [2.45, 2.75) is 58.6 Å². The quantitative estimate of drug-likeness (QED) is 0.371. The molecule has 164 valence electrons. The molecule has 1 aliphatic carbocycles. The number of fused-ring (bicyclic) bond motifs is 1. The predicted octanol–water partition coefficient (Wildman–Crippen LogP) is 4.56. The third kappa shape index (κ3) is 4.84. The summed E-state index contributed by atoms with van der Waals surface area (Å²) in [4.78, 5) is 25.1. The molecule has 1 atom stereocenters. The van der Waals surface area contributed by atoms with Gasteiger partial charge in [0.2, 0.25) is 11.9 Å². The third-order valence-electron chi connectivity index (χ3n) is 6.03. The third-order valence-corrected chi connectivity index (χ3v) is 6.03. The van der Waals surface area contributed by atoms with Crippen molar-refractivity contribution in [3.63, 3.8) is 0 Å². The van der Waals surface area contributed by atoms with Crippen LogP contribution in [0.5, 0.6) is 11.5 Å². The number of para-hydroxylation sites is 2. The first-order chi connectivity index (χ1) is 15.0. The number of Topliss-reactive ketones (excluding diaryl/α,β-unsaturated/α-hetero) is 1. The molecule has 4 rings (SSSR count). The minimum Gasteiger partial charge on any atom is -0.485 e. The van der Waals surface area contributed by atoms with E-state index < -0.39 is 12.1 Å². The van der Waals surface area contributed by atoms with Gasteiger partial charge in [-0.05, 0) is 64.2 Å². The minimum atomic E-state index is -0.876. The van der Waals surface area contributed by atoms with Crippen molar-refractivity contribution < 1.29 is 23.8 Å². The Hall–Kier alpha value is -3.02. The molecule has 0 radical (unpaired) electrons. The van der Waals surface area contributed by atoms with Crippen LogP contribution in [-0.2, 0) is 16.1 Å². The van der Waals surface area contributed by atoms with Gasteiger partial charge in [-0.2, -0.15) is 0 Å². The highest BCUT2D eigenvalue weighted by atomic mass is 16.6. The number of aryl methyl sites for hydroxylation is 1. The average molecular weight is 424 g/mol. The first-order valence-electron chi connectivity index (χ1n) is 11.0. The van der Waals surface area contributed by atoms with Crippen molar-refractivity contribution in [1.82, 2.24) is 4.57 Å². The second-order valence-electron chi connectivity index (χ2n) is 8.19. The Morgan fingerprint density at radius 2 is 1.97 bits per heavy atom. The van der Waals surface area contributed by atoms with Crippen molar-refractivity contribution in [1.29, 1.82) is 0 Å². The molecule has 31 heavy (non-hydrogen) atoms. The van der Waals surface area contributed by atoms with E-state index in [1.165, 1.54) is 31.3 Å². The van der Waals surface area contributed by atoms with Crippen LogP contribution in [0.2, 0.25) is 0 Å². The highest BCUT2D eigenvalue weighted by Gasteiger charge is 2.29. The SMILES string of the molecule is Cc1cc(C(=O)COC(=O)[C@H]2COc3ccccc3O2)c(C)n1CCC1=CCCCC1.